The second-order valence-corrected chi connectivity index (χ2v) is 5.60. The minimum absolute atomic E-state index is 0.141. The summed E-state index contributed by atoms with van der Waals surface area (Å²) in [5, 5.41) is 3.27. The number of nitrogens with one attached hydrogen (secondary N) is 1. The van der Waals surface area contributed by atoms with Crippen LogP contribution in [0.25, 0.3) is 10.8 Å². The molecule has 0 aliphatic heterocycles. The summed E-state index contributed by atoms with van der Waals surface area (Å²) in [6, 6.07) is 12.6. The van der Waals surface area contributed by atoms with Crippen molar-refractivity contribution in [2.45, 2.75) is 31.8 Å². The number of hydrogen-bond donors (Lipinski definition) is 1. The number of alkyl halides is 3. The zero-order valence-corrected chi connectivity index (χ0v) is 13.6. The zero-order valence-electron chi connectivity index (χ0n) is 22.6. The van der Waals surface area contributed by atoms with Gasteiger partial charge < -0.3 is 5.32 Å². The Kier molecular flexibility index (Phi) is 3.08. The summed E-state index contributed by atoms with van der Waals surface area (Å²) in [4.78, 5) is 0. The monoisotopic (exact) mass is 366 g/mol. The van der Waals surface area contributed by atoms with Crippen LogP contribution >= 0.6 is 0 Å². The van der Waals surface area contributed by atoms with E-state index >= 15 is 0 Å². The maximum Gasteiger partial charge on any atom is 0.416 e. The zero-order chi connectivity index (χ0) is 26.4. The minimum atomic E-state index is -4.82. The lowest BCUT2D eigenvalue weighted by Crippen LogP contribution is -2.20. The van der Waals surface area contributed by atoms with E-state index in [1.807, 2.05) is 0 Å². The van der Waals surface area contributed by atoms with Crippen molar-refractivity contribution in [1.29, 1.82) is 0 Å². The highest BCUT2D eigenvalue weighted by atomic mass is 19.4. The summed E-state index contributed by atoms with van der Waals surface area (Å²) >= 11 is 0. The Morgan fingerprint density at radius 3 is 2.62 bits per heavy atom. The predicted octanol–water partition coefficient (Wildman–Crippen LogP) is 6.14. The molecule has 0 bridgehead atoms. The van der Waals surface area contributed by atoms with Gasteiger partial charge in [-0.3, -0.25) is 0 Å². The SMILES string of the molecule is [2H]C([2H])([2H])[C@@H](NC([2H])([2H])C([2H])([2H])C([2H])([2H])c1cccc(C(F)(F)F)c1)c1cccc2ccccc12. The molecule has 4 heteroatoms. The van der Waals surface area contributed by atoms with Gasteiger partial charge >= 0.3 is 6.18 Å². The molecular weight excluding hydrogens is 335 g/mol. The molecular formula is C22H22F3N. The third kappa shape index (κ3) is 4.44. The fourth-order valence-corrected chi connectivity index (χ4v) is 2.56. The lowest BCUT2D eigenvalue weighted by molar-refractivity contribution is -0.137. The fourth-order valence-electron chi connectivity index (χ4n) is 2.56. The molecule has 136 valence electrons. The van der Waals surface area contributed by atoms with Crippen LogP contribution in [0, 0.1) is 0 Å². The van der Waals surface area contributed by atoms with Crippen LogP contribution < -0.4 is 5.32 Å². The Labute approximate surface area is 164 Å². The molecule has 0 saturated heterocycles. The number of benzene rings is 3. The largest absolute Gasteiger partial charge is 0.416 e. The maximum absolute atomic E-state index is 13.1. The Hall–Kier alpha value is -2.33. The van der Waals surface area contributed by atoms with Gasteiger partial charge in [0.1, 0.15) is 0 Å². The Morgan fingerprint density at radius 1 is 1.04 bits per heavy atom. The lowest BCUT2D eigenvalue weighted by Gasteiger charge is -2.17. The molecule has 0 fully saturated rings. The minimum Gasteiger partial charge on any atom is -0.310 e. The van der Waals surface area contributed by atoms with E-state index in [9.17, 15) is 13.2 Å². The summed E-state index contributed by atoms with van der Waals surface area (Å²) in [6.07, 6.45) is -11.6. The standard InChI is InChI=1S/C22H22F3N/c1-16(20-13-5-10-18-9-2-3-12-21(18)20)26-14-6-8-17-7-4-11-19(15-17)22(23,24)25/h2-5,7,9-13,15-16,26H,6,8,14H2,1H3/t16-/m1/s1/i1D3,6D2,8D2,14D2. The molecule has 0 saturated carbocycles. The molecule has 0 aliphatic carbocycles. The van der Waals surface area contributed by atoms with Crippen molar-refractivity contribution >= 4 is 10.8 Å². The molecule has 0 aromatic heterocycles. The van der Waals surface area contributed by atoms with Crippen LogP contribution in [-0.4, -0.2) is 6.50 Å². The van der Waals surface area contributed by atoms with Gasteiger partial charge in [-0.15, -0.1) is 0 Å². The van der Waals surface area contributed by atoms with E-state index < -0.39 is 49.4 Å². The van der Waals surface area contributed by atoms with Crippen molar-refractivity contribution in [1.82, 2.24) is 5.32 Å². The number of rotatable bonds is 6. The summed E-state index contributed by atoms with van der Waals surface area (Å²) in [5.74, 6) is 0. The quantitative estimate of drug-likeness (QED) is 0.552. The molecule has 0 radical (unpaired) electrons. The van der Waals surface area contributed by atoms with Crippen molar-refractivity contribution in [2.24, 2.45) is 0 Å². The number of halogens is 3. The summed E-state index contributed by atoms with van der Waals surface area (Å²) in [5.41, 5.74) is -1.82. The van der Waals surface area contributed by atoms with Gasteiger partial charge in [0.25, 0.3) is 0 Å². The molecule has 1 atom stereocenters. The Balaban J connectivity index is 2.07. The second kappa shape index (κ2) is 7.92. The molecule has 0 spiro atoms. The molecule has 3 rings (SSSR count). The average Bonchev–Trinajstić information content (AvgIpc) is 2.75. The highest BCUT2D eigenvalue weighted by Gasteiger charge is 2.30. The van der Waals surface area contributed by atoms with Crippen LogP contribution in [0.5, 0.6) is 0 Å². The molecule has 0 aliphatic rings. The van der Waals surface area contributed by atoms with E-state index in [-0.39, 0.29) is 5.56 Å². The van der Waals surface area contributed by atoms with Crippen LogP contribution in [0.3, 0.4) is 0 Å². The highest BCUT2D eigenvalue weighted by Crippen LogP contribution is 2.29. The van der Waals surface area contributed by atoms with Gasteiger partial charge in [-0.05, 0) is 54.1 Å². The first-order valence-corrected chi connectivity index (χ1v) is 7.83. The van der Waals surface area contributed by atoms with Crippen LogP contribution in [0.15, 0.2) is 66.7 Å². The van der Waals surface area contributed by atoms with E-state index in [4.69, 9.17) is 12.3 Å². The second-order valence-electron chi connectivity index (χ2n) is 5.60. The van der Waals surface area contributed by atoms with Gasteiger partial charge in [-0.1, -0.05) is 60.7 Å². The van der Waals surface area contributed by atoms with Gasteiger partial charge in [0, 0.05) is 18.4 Å². The van der Waals surface area contributed by atoms with E-state index in [2.05, 4.69) is 5.32 Å². The number of aryl methyl sites for hydroxylation is 1. The van der Waals surface area contributed by atoms with Gasteiger partial charge in [-0.25, -0.2) is 0 Å². The maximum atomic E-state index is 13.1. The normalized spacial score (nSPS) is 20.3. The summed E-state index contributed by atoms with van der Waals surface area (Å²) in [6.45, 7) is -6.21. The molecule has 0 heterocycles. The smallest absolute Gasteiger partial charge is 0.310 e. The Bertz CT molecular complexity index is 1200. The molecule has 1 nitrogen and oxygen atoms in total. The van der Waals surface area contributed by atoms with Crippen molar-refractivity contribution < 1.29 is 25.5 Å². The first-order valence-electron chi connectivity index (χ1n) is 12.3. The van der Waals surface area contributed by atoms with Gasteiger partial charge in [-0.2, -0.15) is 13.2 Å². The van der Waals surface area contributed by atoms with Crippen molar-refractivity contribution in [2.75, 3.05) is 6.50 Å². The highest BCUT2D eigenvalue weighted by molar-refractivity contribution is 5.86. The van der Waals surface area contributed by atoms with E-state index in [0.717, 1.165) is 12.1 Å². The van der Waals surface area contributed by atoms with Crippen LogP contribution in [0.2, 0.25) is 0 Å². The van der Waals surface area contributed by atoms with Gasteiger partial charge in [0.2, 0.25) is 0 Å². The van der Waals surface area contributed by atoms with Gasteiger partial charge in [0.05, 0.1) is 5.56 Å². The van der Waals surface area contributed by atoms with Crippen molar-refractivity contribution in [3.8, 4) is 0 Å². The number of hydrogen-bond acceptors (Lipinski definition) is 1. The molecule has 3 aromatic rings. The van der Waals surface area contributed by atoms with Crippen LogP contribution in [0.4, 0.5) is 13.2 Å². The molecule has 0 amide bonds. The molecule has 26 heavy (non-hydrogen) atoms. The molecule has 1 N–H and O–H groups in total. The topological polar surface area (TPSA) is 12.0 Å². The van der Waals surface area contributed by atoms with E-state index in [1.165, 1.54) is 6.07 Å². The first-order chi connectivity index (χ1) is 15.9. The predicted molar refractivity (Wildman–Crippen MR) is 100 cm³/mol. The summed E-state index contributed by atoms with van der Waals surface area (Å²) < 4.78 is 113. The van der Waals surface area contributed by atoms with Crippen LogP contribution in [-0.2, 0) is 12.5 Å². The van der Waals surface area contributed by atoms with Crippen molar-refractivity contribution in [3.63, 3.8) is 0 Å². The van der Waals surface area contributed by atoms with E-state index in [0.29, 0.717) is 22.9 Å². The fraction of sp³-hybridized carbons (Fsp3) is 0.273. The first kappa shape index (κ1) is 10.1. The van der Waals surface area contributed by atoms with Gasteiger partial charge in [0.15, 0.2) is 0 Å². The number of fused-ring (bicyclic) bond motifs is 1. The van der Waals surface area contributed by atoms with Crippen molar-refractivity contribution in [3.05, 3.63) is 83.4 Å². The lowest BCUT2D eigenvalue weighted by atomic mass is 9.99. The van der Waals surface area contributed by atoms with Crippen LogP contribution in [0.1, 0.15) is 48.3 Å². The average molecular weight is 366 g/mol. The molecule has 3 aromatic carbocycles. The Morgan fingerprint density at radius 2 is 1.81 bits per heavy atom. The summed E-state index contributed by atoms with van der Waals surface area (Å²) in [7, 11) is 0. The van der Waals surface area contributed by atoms with E-state index in [1.54, 1.807) is 36.4 Å². The third-order valence-corrected chi connectivity index (χ3v) is 3.81. The third-order valence-electron chi connectivity index (χ3n) is 3.81. The molecule has 0 unspecified atom stereocenters.